The van der Waals surface area contributed by atoms with Crippen molar-refractivity contribution in [3.8, 4) is 11.8 Å². The highest BCUT2D eigenvalue weighted by atomic mass is 35.5. The molecule has 0 saturated carbocycles. The summed E-state index contributed by atoms with van der Waals surface area (Å²) < 4.78 is 1.39. The van der Waals surface area contributed by atoms with Crippen LogP contribution in [0.5, 0.6) is 0 Å². The second kappa shape index (κ2) is 6.97. The number of anilines is 1. The predicted octanol–water partition coefficient (Wildman–Crippen LogP) is 2.13. The molecule has 1 N–H and O–H groups in total. The fraction of sp³-hybridized carbons (Fsp3) is 0.500. The summed E-state index contributed by atoms with van der Waals surface area (Å²) in [7, 11) is 0. The molecular weight excluding hydrogens is 238 g/mol. The Hall–Kier alpha value is -1.47. The highest BCUT2D eigenvalue weighted by Crippen LogP contribution is 2.14. The summed E-state index contributed by atoms with van der Waals surface area (Å²) in [6, 6.07) is 0. The second-order valence-electron chi connectivity index (χ2n) is 3.53. The summed E-state index contributed by atoms with van der Waals surface area (Å²) in [6.45, 7) is 4.87. The minimum Gasteiger partial charge on any atom is -0.371 e. The molecule has 5 heteroatoms. The molecule has 1 rings (SSSR count). The molecular formula is C12H16ClN3O. The lowest BCUT2D eigenvalue weighted by Gasteiger charge is -2.07. The lowest BCUT2D eigenvalue weighted by atomic mass is 10.3. The van der Waals surface area contributed by atoms with Gasteiger partial charge in [0.2, 0.25) is 0 Å². The molecule has 0 aliphatic rings. The average molecular weight is 254 g/mol. The number of hydrogen-bond donors (Lipinski definition) is 1. The summed E-state index contributed by atoms with van der Waals surface area (Å²) in [5, 5.41) is 7.20. The van der Waals surface area contributed by atoms with Crippen LogP contribution in [-0.4, -0.2) is 16.3 Å². The third kappa shape index (κ3) is 3.79. The van der Waals surface area contributed by atoms with E-state index in [4.69, 9.17) is 11.6 Å². The molecule has 92 valence electrons. The van der Waals surface area contributed by atoms with Gasteiger partial charge in [0, 0.05) is 6.54 Å². The highest BCUT2D eigenvalue weighted by molar-refractivity contribution is 6.32. The van der Waals surface area contributed by atoms with Gasteiger partial charge in [-0.3, -0.25) is 4.79 Å². The van der Waals surface area contributed by atoms with Crippen molar-refractivity contribution in [3.05, 3.63) is 21.6 Å². The van der Waals surface area contributed by atoms with Crippen LogP contribution in [0.15, 0.2) is 11.0 Å². The van der Waals surface area contributed by atoms with Crippen molar-refractivity contribution in [3.63, 3.8) is 0 Å². The Morgan fingerprint density at radius 1 is 1.59 bits per heavy atom. The minimum atomic E-state index is -0.255. The van der Waals surface area contributed by atoms with Crippen molar-refractivity contribution >= 4 is 17.3 Å². The topological polar surface area (TPSA) is 46.9 Å². The van der Waals surface area contributed by atoms with Crippen LogP contribution in [0.4, 0.5) is 5.69 Å². The molecule has 0 fully saturated rings. The zero-order chi connectivity index (χ0) is 12.7. The first kappa shape index (κ1) is 13.6. The molecule has 0 radical (unpaired) electrons. The lowest BCUT2D eigenvalue weighted by Crippen LogP contribution is -2.24. The van der Waals surface area contributed by atoms with Crippen LogP contribution in [0.3, 0.4) is 0 Å². The second-order valence-corrected chi connectivity index (χ2v) is 3.91. The van der Waals surface area contributed by atoms with Crippen LogP contribution in [0.25, 0.3) is 0 Å². The van der Waals surface area contributed by atoms with Crippen LogP contribution in [-0.2, 0) is 6.54 Å². The minimum absolute atomic E-state index is 0.175. The van der Waals surface area contributed by atoms with Gasteiger partial charge in [-0.15, -0.1) is 5.92 Å². The summed E-state index contributed by atoms with van der Waals surface area (Å²) in [5.74, 6) is 5.59. The quantitative estimate of drug-likeness (QED) is 0.818. The fourth-order valence-electron chi connectivity index (χ4n) is 1.28. The zero-order valence-corrected chi connectivity index (χ0v) is 10.8. The van der Waals surface area contributed by atoms with E-state index in [-0.39, 0.29) is 10.6 Å². The molecule has 0 aliphatic heterocycles. The van der Waals surface area contributed by atoms with Gasteiger partial charge >= 0.3 is 0 Å². The number of aromatic nitrogens is 2. The van der Waals surface area contributed by atoms with Crippen molar-refractivity contribution in [2.75, 3.05) is 11.9 Å². The maximum absolute atomic E-state index is 11.8. The van der Waals surface area contributed by atoms with E-state index in [1.54, 1.807) is 13.1 Å². The van der Waals surface area contributed by atoms with Crippen LogP contribution in [0, 0.1) is 11.8 Å². The molecule has 1 heterocycles. The van der Waals surface area contributed by atoms with Crippen molar-refractivity contribution in [2.24, 2.45) is 0 Å². The zero-order valence-electron chi connectivity index (χ0n) is 10.1. The maximum atomic E-state index is 11.8. The number of rotatable bonds is 5. The van der Waals surface area contributed by atoms with Gasteiger partial charge in [-0.1, -0.05) is 30.9 Å². The largest absolute Gasteiger partial charge is 0.371 e. The number of unbranched alkanes of at least 4 members (excludes halogenated alkanes) is 1. The third-order valence-electron chi connectivity index (χ3n) is 2.25. The van der Waals surface area contributed by atoms with E-state index >= 15 is 0 Å². The van der Waals surface area contributed by atoms with Crippen molar-refractivity contribution in [2.45, 2.75) is 33.2 Å². The maximum Gasteiger partial charge on any atom is 0.287 e. The number of aryl methyl sites for hydroxylation is 1. The molecule has 0 spiro atoms. The SMILES string of the molecule is CC#CCNc1cnn(CCCC)c(=O)c1Cl. The van der Waals surface area contributed by atoms with Crippen molar-refractivity contribution in [1.29, 1.82) is 0 Å². The van der Waals surface area contributed by atoms with E-state index in [1.807, 2.05) is 0 Å². The summed E-state index contributed by atoms with van der Waals surface area (Å²) in [5.41, 5.74) is 0.279. The van der Waals surface area contributed by atoms with Gasteiger partial charge in [0.1, 0.15) is 5.02 Å². The average Bonchev–Trinajstić information content (AvgIpc) is 2.34. The monoisotopic (exact) mass is 253 g/mol. The molecule has 0 unspecified atom stereocenters. The smallest absolute Gasteiger partial charge is 0.287 e. The summed E-state index contributed by atoms with van der Waals surface area (Å²) in [4.78, 5) is 11.8. The first-order chi connectivity index (χ1) is 8.20. The Labute approximate surface area is 106 Å². The molecule has 17 heavy (non-hydrogen) atoms. The Bertz CT molecular complexity index is 485. The molecule has 0 bridgehead atoms. The number of hydrogen-bond acceptors (Lipinski definition) is 3. The predicted molar refractivity (Wildman–Crippen MR) is 70.4 cm³/mol. The van der Waals surface area contributed by atoms with Crippen LogP contribution < -0.4 is 10.9 Å². The van der Waals surface area contributed by atoms with Crippen molar-refractivity contribution in [1.82, 2.24) is 9.78 Å². The normalized spacial score (nSPS) is 9.59. The van der Waals surface area contributed by atoms with Gasteiger partial charge in [0.25, 0.3) is 5.56 Å². The molecule has 0 aliphatic carbocycles. The molecule has 1 aromatic heterocycles. The number of nitrogens with zero attached hydrogens (tertiary/aromatic N) is 2. The Morgan fingerprint density at radius 3 is 3.00 bits per heavy atom. The van der Waals surface area contributed by atoms with E-state index in [2.05, 4.69) is 29.2 Å². The van der Waals surface area contributed by atoms with Crippen LogP contribution >= 0.6 is 11.6 Å². The van der Waals surface area contributed by atoms with Gasteiger partial charge in [0.05, 0.1) is 18.4 Å². The van der Waals surface area contributed by atoms with E-state index in [0.717, 1.165) is 12.8 Å². The van der Waals surface area contributed by atoms with Gasteiger partial charge < -0.3 is 5.32 Å². The summed E-state index contributed by atoms with van der Waals surface area (Å²) in [6.07, 6.45) is 3.49. The summed E-state index contributed by atoms with van der Waals surface area (Å²) >= 11 is 5.97. The first-order valence-corrected chi connectivity index (χ1v) is 5.97. The molecule has 0 amide bonds. The van der Waals surface area contributed by atoms with Gasteiger partial charge in [-0.25, -0.2) is 4.68 Å². The highest BCUT2D eigenvalue weighted by Gasteiger charge is 2.07. The van der Waals surface area contributed by atoms with Crippen LogP contribution in [0.2, 0.25) is 5.02 Å². The lowest BCUT2D eigenvalue weighted by molar-refractivity contribution is 0.543. The van der Waals surface area contributed by atoms with Crippen LogP contribution in [0.1, 0.15) is 26.7 Å². The van der Waals surface area contributed by atoms with Gasteiger partial charge in [0.15, 0.2) is 0 Å². The first-order valence-electron chi connectivity index (χ1n) is 5.59. The van der Waals surface area contributed by atoms with E-state index in [0.29, 0.717) is 18.8 Å². The standard InChI is InChI=1S/C12H16ClN3O/c1-3-5-7-14-10-9-15-16(8-6-4-2)12(17)11(10)13/h9,14H,4,6-8H2,1-2H3. The Kier molecular flexibility index (Phi) is 5.58. The van der Waals surface area contributed by atoms with Gasteiger partial charge in [-0.05, 0) is 13.3 Å². The Morgan fingerprint density at radius 2 is 2.35 bits per heavy atom. The van der Waals surface area contributed by atoms with Gasteiger partial charge in [-0.2, -0.15) is 5.10 Å². The van der Waals surface area contributed by atoms with E-state index in [9.17, 15) is 4.79 Å². The number of halogens is 1. The third-order valence-corrected chi connectivity index (χ3v) is 2.62. The van der Waals surface area contributed by atoms with E-state index < -0.39 is 0 Å². The molecule has 4 nitrogen and oxygen atoms in total. The van der Waals surface area contributed by atoms with Crippen molar-refractivity contribution < 1.29 is 0 Å². The molecule has 1 aromatic rings. The molecule has 0 atom stereocenters. The van der Waals surface area contributed by atoms with E-state index in [1.165, 1.54) is 4.68 Å². The molecule has 0 saturated heterocycles. The fourth-order valence-corrected chi connectivity index (χ4v) is 1.50. The Balaban J connectivity index is 2.85. The molecule has 0 aromatic carbocycles. The number of nitrogens with one attached hydrogen (secondary N) is 1.